The standard InChI is InChI=1S/C28H30F3N3O3/c1-17-13-19(7-8-21(17)15-34-12-11-22(16-34)27(35)36)25-32-26(37-33-25)20-9-10-23(18-5-3-2-4-6-18)24(14-20)28(29,30)31/h7-10,13-14,18,22H,2-6,11-12,15-16H2,1H3,(H,35,36). The highest BCUT2D eigenvalue weighted by molar-refractivity contribution is 5.70. The Kier molecular flexibility index (Phi) is 7.07. The number of rotatable bonds is 6. The molecule has 1 atom stereocenters. The third-order valence-electron chi connectivity index (χ3n) is 7.69. The molecule has 2 aromatic carbocycles. The Hall–Kier alpha value is -3.20. The highest BCUT2D eigenvalue weighted by Gasteiger charge is 2.36. The van der Waals surface area contributed by atoms with Crippen LogP contribution in [-0.4, -0.2) is 39.2 Å². The Morgan fingerprint density at radius 3 is 2.51 bits per heavy atom. The number of alkyl halides is 3. The highest BCUT2D eigenvalue weighted by Crippen LogP contribution is 2.42. The van der Waals surface area contributed by atoms with Crippen molar-refractivity contribution in [1.82, 2.24) is 15.0 Å². The molecule has 1 aromatic heterocycles. The molecule has 1 aliphatic carbocycles. The number of carboxylic acid groups (broad SMARTS) is 1. The SMILES string of the molecule is Cc1cc(-c2noc(-c3ccc(C4CCCCC4)c(C(F)(F)F)c3)n2)ccc1CN1CCC(C(=O)O)C1. The number of carbonyl (C=O) groups is 1. The zero-order valence-corrected chi connectivity index (χ0v) is 20.7. The van der Waals surface area contributed by atoms with Crippen molar-refractivity contribution in [2.45, 2.75) is 64.1 Å². The number of carboxylic acids is 1. The largest absolute Gasteiger partial charge is 0.481 e. The summed E-state index contributed by atoms with van der Waals surface area (Å²) in [6, 6.07) is 10.1. The van der Waals surface area contributed by atoms with Crippen LogP contribution in [0.15, 0.2) is 40.9 Å². The Labute approximate surface area is 213 Å². The van der Waals surface area contributed by atoms with Crippen LogP contribution in [0.3, 0.4) is 0 Å². The van der Waals surface area contributed by atoms with Gasteiger partial charge < -0.3 is 9.63 Å². The third kappa shape index (κ3) is 5.56. The molecule has 0 bridgehead atoms. The van der Waals surface area contributed by atoms with Crippen LogP contribution >= 0.6 is 0 Å². The molecule has 2 fully saturated rings. The van der Waals surface area contributed by atoms with Crippen LogP contribution in [-0.2, 0) is 17.5 Å². The zero-order valence-electron chi connectivity index (χ0n) is 20.7. The molecule has 37 heavy (non-hydrogen) atoms. The summed E-state index contributed by atoms with van der Waals surface area (Å²) in [6.45, 7) is 3.89. The maximum absolute atomic E-state index is 14.0. The van der Waals surface area contributed by atoms with Crippen LogP contribution in [0.1, 0.15) is 66.7 Å². The van der Waals surface area contributed by atoms with Gasteiger partial charge in [0.2, 0.25) is 5.82 Å². The normalized spacial score (nSPS) is 19.4. The molecule has 1 N–H and O–H groups in total. The van der Waals surface area contributed by atoms with Crippen molar-refractivity contribution < 1.29 is 27.6 Å². The average Bonchev–Trinajstić information content (AvgIpc) is 3.55. The lowest BCUT2D eigenvalue weighted by Crippen LogP contribution is -2.23. The molecule has 196 valence electrons. The van der Waals surface area contributed by atoms with Crippen LogP contribution in [0, 0.1) is 12.8 Å². The maximum Gasteiger partial charge on any atom is 0.416 e. The summed E-state index contributed by atoms with van der Waals surface area (Å²) in [5.74, 6) is -0.800. The predicted molar refractivity (Wildman–Crippen MR) is 132 cm³/mol. The summed E-state index contributed by atoms with van der Waals surface area (Å²) in [5, 5.41) is 13.2. The van der Waals surface area contributed by atoms with Gasteiger partial charge in [0.15, 0.2) is 0 Å². The molecule has 1 saturated heterocycles. The van der Waals surface area contributed by atoms with E-state index in [0.29, 0.717) is 36.5 Å². The summed E-state index contributed by atoms with van der Waals surface area (Å²) in [6.07, 6.45) is 0.727. The lowest BCUT2D eigenvalue weighted by molar-refractivity contribution is -0.141. The van der Waals surface area contributed by atoms with Gasteiger partial charge in [-0.2, -0.15) is 18.2 Å². The van der Waals surface area contributed by atoms with Gasteiger partial charge in [0.1, 0.15) is 0 Å². The number of nitrogens with zero attached hydrogens (tertiary/aromatic N) is 3. The van der Waals surface area contributed by atoms with Gasteiger partial charge in [-0.3, -0.25) is 9.69 Å². The summed E-state index contributed by atoms with van der Waals surface area (Å²) in [4.78, 5) is 17.8. The van der Waals surface area contributed by atoms with Gasteiger partial charge in [0.25, 0.3) is 5.89 Å². The van der Waals surface area contributed by atoms with Crippen LogP contribution in [0.25, 0.3) is 22.8 Å². The fourth-order valence-electron chi connectivity index (χ4n) is 5.59. The summed E-state index contributed by atoms with van der Waals surface area (Å²) < 4.78 is 47.3. The first-order valence-corrected chi connectivity index (χ1v) is 12.8. The predicted octanol–water partition coefficient (Wildman–Crippen LogP) is 6.69. The Morgan fingerprint density at radius 1 is 1.08 bits per heavy atom. The van der Waals surface area contributed by atoms with Crippen molar-refractivity contribution in [2.24, 2.45) is 5.92 Å². The molecule has 2 heterocycles. The van der Waals surface area contributed by atoms with Gasteiger partial charge in [0, 0.05) is 24.2 Å². The van der Waals surface area contributed by atoms with Gasteiger partial charge in [-0.05, 0) is 73.5 Å². The molecule has 5 rings (SSSR count). The third-order valence-corrected chi connectivity index (χ3v) is 7.69. The van der Waals surface area contributed by atoms with E-state index in [2.05, 4.69) is 15.0 Å². The van der Waals surface area contributed by atoms with Gasteiger partial charge >= 0.3 is 12.1 Å². The first-order chi connectivity index (χ1) is 17.7. The second-order valence-electron chi connectivity index (χ2n) is 10.3. The van der Waals surface area contributed by atoms with E-state index >= 15 is 0 Å². The number of likely N-dealkylation sites (tertiary alicyclic amines) is 1. The smallest absolute Gasteiger partial charge is 0.416 e. The molecule has 1 saturated carbocycles. The number of aromatic nitrogens is 2. The molecule has 0 amide bonds. The molecule has 3 aromatic rings. The topological polar surface area (TPSA) is 79.5 Å². The van der Waals surface area contributed by atoms with E-state index in [1.165, 1.54) is 0 Å². The fraction of sp³-hybridized carbons (Fsp3) is 0.464. The zero-order chi connectivity index (χ0) is 26.2. The van der Waals surface area contributed by atoms with Crippen molar-refractivity contribution >= 4 is 5.97 Å². The number of hydrogen-bond acceptors (Lipinski definition) is 5. The number of benzene rings is 2. The van der Waals surface area contributed by atoms with Gasteiger partial charge in [-0.1, -0.05) is 42.6 Å². The second kappa shape index (κ2) is 10.3. The van der Waals surface area contributed by atoms with E-state index in [1.807, 2.05) is 25.1 Å². The first kappa shape index (κ1) is 25.4. The Balaban J connectivity index is 1.35. The molecular formula is C28H30F3N3O3. The molecule has 0 spiro atoms. The first-order valence-electron chi connectivity index (χ1n) is 12.8. The van der Waals surface area contributed by atoms with E-state index in [-0.39, 0.29) is 23.3 Å². The van der Waals surface area contributed by atoms with Crippen LogP contribution in [0.2, 0.25) is 0 Å². The summed E-state index contributed by atoms with van der Waals surface area (Å²) in [7, 11) is 0. The van der Waals surface area contributed by atoms with Crippen LogP contribution in [0.5, 0.6) is 0 Å². The minimum absolute atomic E-state index is 0.0502. The van der Waals surface area contributed by atoms with Crippen molar-refractivity contribution in [3.05, 3.63) is 58.7 Å². The van der Waals surface area contributed by atoms with Gasteiger partial charge in [-0.25, -0.2) is 0 Å². The average molecular weight is 514 g/mol. The summed E-state index contributed by atoms with van der Waals surface area (Å²) >= 11 is 0. The van der Waals surface area contributed by atoms with Gasteiger partial charge in [0.05, 0.1) is 11.5 Å². The lowest BCUT2D eigenvalue weighted by Gasteiger charge is -2.25. The van der Waals surface area contributed by atoms with Crippen molar-refractivity contribution in [2.75, 3.05) is 13.1 Å². The van der Waals surface area contributed by atoms with Gasteiger partial charge in [-0.15, -0.1) is 0 Å². The quantitative estimate of drug-likeness (QED) is 0.396. The van der Waals surface area contributed by atoms with E-state index in [0.717, 1.165) is 55.8 Å². The minimum Gasteiger partial charge on any atom is -0.481 e. The fourth-order valence-corrected chi connectivity index (χ4v) is 5.59. The summed E-state index contributed by atoms with van der Waals surface area (Å²) in [5.41, 5.74) is 2.76. The molecular weight excluding hydrogens is 483 g/mol. The van der Waals surface area contributed by atoms with E-state index in [9.17, 15) is 23.1 Å². The number of aryl methyl sites for hydroxylation is 1. The maximum atomic E-state index is 14.0. The molecule has 2 aliphatic rings. The second-order valence-corrected chi connectivity index (χ2v) is 10.3. The molecule has 9 heteroatoms. The number of hydrogen-bond donors (Lipinski definition) is 1. The Bertz CT molecular complexity index is 1280. The van der Waals surface area contributed by atoms with Crippen molar-refractivity contribution in [3.63, 3.8) is 0 Å². The molecule has 6 nitrogen and oxygen atoms in total. The van der Waals surface area contributed by atoms with Crippen molar-refractivity contribution in [3.8, 4) is 22.8 Å². The lowest BCUT2D eigenvalue weighted by atomic mass is 9.81. The molecule has 1 aliphatic heterocycles. The molecule has 1 unspecified atom stereocenters. The monoisotopic (exact) mass is 513 g/mol. The Morgan fingerprint density at radius 2 is 1.84 bits per heavy atom. The van der Waals surface area contributed by atoms with Crippen molar-refractivity contribution in [1.29, 1.82) is 0 Å². The van der Waals surface area contributed by atoms with E-state index in [1.54, 1.807) is 12.1 Å². The van der Waals surface area contributed by atoms with E-state index in [4.69, 9.17) is 4.52 Å². The van der Waals surface area contributed by atoms with Crippen LogP contribution < -0.4 is 0 Å². The number of halogens is 3. The van der Waals surface area contributed by atoms with E-state index < -0.39 is 17.7 Å². The molecule has 0 radical (unpaired) electrons. The minimum atomic E-state index is -4.46. The van der Waals surface area contributed by atoms with Crippen LogP contribution in [0.4, 0.5) is 13.2 Å². The highest BCUT2D eigenvalue weighted by atomic mass is 19.4. The number of aliphatic carboxylic acids is 1.